The molecule has 0 saturated heterocycles. The zero-order valence-corrected chi connectivity index (χ0v) is 10.7. The fourth-order valence-corrected chi connectivity index (χ4v) is 4.44. The van der Waals surface area contributed by atoms with E-state index in [0.29, 0.717) is 7.92 Å². The first-order valence-corrected chi connectivity index (χ1v) is 7.97. The van der Waals surface area contributed by atoms with Crippen molar-refractivity contribution in [2.45, 2.75) is 59.3 Å². The quantitative estimate of drug-likeness (QED) is 0.441. The molecule has 0 spiro atoms. The molecular formula is C12H27P. The Morgan fingerprint density at radius 3 is 1.15 bits per heavy atom. The SMILES string of the molecule is CCCC[6P](CCCC)CCCC. The molecule has 0 aromatic rings. The van der Waals surface area contributed by atoms with E-state index < -0.39 is 0 Å². The first-order valence-electron chi connectivity index (χ1n) is 6.07. The van der Waals surface area contributed by atoms with E-state index in [-0.39, 0.29) is 0 Å². The summed E-state index contributed by atoms with van der Waals surface area (Å²) in [6, 6.07) is 0. The summed E-state index contributed by atoms with van der Waals surface area (Å²) in [5.41, 5.74) is 0. The lowest BCUT2D eigenvalue weighted by atomic mass is 5.53. The minimum atomic E-state index is 0.422. The molecule has 0 radical (unpaired) electrons. The van der Waals surface area contributed by atoms with E-state index in [4.69, 9.17) is 0 Å². The van der Waals surface area contributed by atoms with Crippen LogP contribution in [0, 0.1) is 0 Å². The van der Waals surface area contributed by atoms with Crippen molar-refractivity contribution in [3.05, 3.63) is 0 Å². The van der Waals surface area contributed by atoms with E-state index in [1.807, 2.05) is 0 Å². The molecule has 0 bridgehead atoms. The third-order valence-electron chi connectivity index (χ3n) is 2.48. The van der Waals surface area contributed by atoms with Crippen molar-refractivity contribution >= 4 is 7.92 Å². The third-order valence-corrected chi connectivity index (χ3v) is 5.33. The molecule has 0 nitrogen and oxygen atoms in total. The summed E-state index contributed by atoms with van der Waals surface area (Å²) in [5.74, 6) is 0. The van der Waals surface area contributed by atoms with Gasteiger partial charge in [-0.2, -0.15) is 0 Å². The molecule has 0 aliphatic heterocycles. The summed E-state index contributed by atoms with van der Waals surface area (Å²) in [5, 5.41) is 0. The van der Waals surface area contributed by atoms with E-state index >= 15 is 0 Å². The number of hydrogen-bond donors (Lipinski definition) is 0. The van der Waals surface area contributed by atoms with E-state index in [9.17, 15) is 0 Å². The summed E-state index contributed by atoms with van der Waals surface area (Å²) in [7, 11) is 0.422. The molecule has 0 saturated carbocycles. The van der Waals surface area contributed by atoms with Crippen LogP contribution >= 0.6 is 7.92 Å². The molecule has 0 rings (SSSR count). The standard InChI is InChI=1S/C12H27P/c1-4-7-10-13(11-8-5-2)12-9-6-3/h4-12H2,1-3H3/i13-25. The van der Waals surface area contributed by atoms with Crippen LogP contribution in [0.4, 0.5) is 0 Å². The number of unbranched alkanes of at least 4 members (excludes halogenated alkanes) is 3. The largest absolute Gasteiger partial charge is 0.107 e. The van der Waals surface area contributed by atoms with Crippen molar-refractivity contribution in [2.75, 3.05) is 18.5 Å². The van der Waals surface area contributed by atoms with Crippen LogP contribution in [0.2, 0.25) is 0 Å². The van der Waals surface area contributed by atoms with Crippen molar-refractivity contribution in [2.24, 2.45) is 0 Å². The molecule has 0 atom stereocenters. The maximum Gasteiger partial charge on any atom is -0.0326 e. The third kappa shape index (κ3) is 8.75. The maximum absolute atomic E-state index is 2.31. The van der Waals surface area contributed by atoms with Crippen LogP contribution in [-0.2, 0) is 0 Å². The zero-order valence-electron chi connectivity index (χ0n) is 9.81. The second-order valence-corrected chi connectivity index (χ2v) is 6.59. The molecule has 0 heterocycles. The van der Waals surface area contributed by atoms with Gasteiger partial charge in [0, 0.05) is 0 Å². The van der Waals surface area contributed by atoms with Crippen molar-refractivity contribution in [3.8, 4) is 0 Å². The van der Waals surface area contributed by atoms with Gasteiger partial charge < -0.3 is 0 Å². The summed E-state index contributed by atoms with van der Waals surface area (Å²) in [4.78, 5) is 0. The first kappa shape index (κ1) is 13.4. The van der Waals surface area contributed by atoms with Gasteiger partial charge in [0.05, 0.1) is 0 Å². The van der Waals surface area contributed by atoms with E-state index in [1.165, 1.54) is 38.5 Å². The Labute approximate surface area is 86.3 Å². The normalized spacial score (nSPS) is 11.1. The highest BCUT2D eigenvalue weighted by atomic mass is 13.7. The fraction of sp³-hybridized carbons (Fsp3) is 1.00. The zero-order chi connectivity index (χ0) is 9.94. The van der Waals surface area contributed by atoms with Crippen LogP contribution in [0.15, 0.2) is 0 Å². The van der Waals surface area contributed by atoms with Crippen LogP contribution in [0.25, 0.3) is 0 Å². The van der Waals surface area contributed by atoms with Crippen molar-refractivity contribution in [1.82, 2.24) is 0 Å². The minimum absolute atomic E-state index is 0.422. The Balaban J connectivity index is 3.47. The van der Waals surface area contributed by atoms with E-state index in [0.717, 1.165) is 0 Å². The average molecular weight is 177 g/mol. The Kier molecular flexibility index (Phi) is 10.9. The van der Waals surface area contributed by atoms with Gasteiger partial charge in [-0.15, -0.1) is 7.92 Å². The molecule has 0 N–H and O–H groups in total. The number of hydrogen-bond acceptors (Lipinski definition) is 0. The first-order chi connectivity index (χ1) is 6.35. The van der Waals surface area contributed by atoms with E-state index in [1.54, 1.807) is 18.5 Å². The van der Waals surface area contributed by atoms with Crippen LogP contribution in [0.1, 0.15) is 59.3 Å². The molecule has 13 heavy (non-hydrogen) atoms. The Bertz CT molecular complexity index is 72.1. The molecule has 1 heteroatoms. The highest BCUT2D eigenvalue weighted by Gasteiger charge is 2.05. The predicted octanol–water partition coefficient (Wildman–Crippen LogP) is 4.87. The van der Waals surface area contributed by atoms with Crippen molar-refractivity contribution in [3.63, 3.8) is 0 Å². The van der Waals surface area contributed by atoms with Gasteiger partial charge in [-0.05, 0) is 37.7 Å². The smallest absolute Gasteiger partial charge is 0.0326 e. The lowest BCUT2D eigenvalue weighted by Gasteiger charge is -2.16. The van der Waals surface area contributed by atoms with Gasteiger partial charge in [-0.25, -0.2) is 0 Å². The molecule has 80 valence electrons. The summed E-state index contributed by atoms with van der Waals surface area (Å²) < 4.78 is 0. The lowest BCUT2D eigenvalue weighted by Crippen LogP contribution is -1.95. The van der Waals surface area contributed by atoms with Gasteiger partial charge in [-0.1, -0.05) is 40.0 Å². The molecule has 0 unspecified atom stereocenters. The second-order valence-electron chi connectivity index (χ2n) is 3.90. The lowest BCUT2D eigenvalue weighted by molar-refractivity contribution is 0.847. The van der Waals surface area contributed by atoms with Gasteiger partial charge in [0.1, 0.15) is 0 Å². The Morgan fingerprint density at radius 1 is 0.615 bits per heavy atom. The topological polar surface area (TPSA) is 0 Å². The molecule has 0 amide bonds. The minimum Gasteiger partial charge on any atom is -0.107 e. The van der Waals surface area contributed by atoms with Crippen LogP contribution in [0.5, 0.6) is 0 Å². The monoisotopic (exact) mass is 177 g/mol. The fourth-order valence-electron chi connectivity index (χ4n) is 1.48. The Morgan fingerprint density at radius 2 is 0.923 bits per heavy atom. The molecule has 0 aromatic carbocycles. The van der Waals surface area contributed by atoms with Gasteiger partial charge in [0.15, 0.2) is 0 Å². The molecule has 0 aromatic heterocycles. The van der Waals surface area contributed by atoms with Gasteiger partial charge in [0.2, 0.25) is 0 Å². The van der Waals surface area contributed by atoms with Gasteiger partial charge in [0.25, 0.3) is 0 Å². The summed E-state index contributed by atoms with van der Waals surface area (Å²) >= 11 is 0. The van der Waals surface area contributed by atoms with Gasteiger partial charge >= 0.3 is 0 Å². The van der Waals surface area contributed by atoms with Crippen LogP contribution in [-0.4, -0.2) is 18.5 Å². The van der Waals surface area contributed by atoms with Gasteiger partial charge in [-0.3, -0.25) is 0 Å². The molecular weight excluding hydrogens is 150 g/mol. The number of rotatable bonds is 9. The van der Waals surface area contributed by atoms with Crippen molar-refractivity contribution < 1.29 is 0 Å². The Hall–Kier alpha value is 0.430. The summed E-state index contributed by atoms with van der Waals surface area (Å²) in [6.45, 7) is 6.94. The van der Waals surface area contributed by atoms with Crippen LogP contribution in [0.3, 0.4) is 0 Å². The molecule has 0 aliphatic rings. The summed E-state index contributed by atoms with van der Waals surface area (Å²) in [6.07, 6.45) is 13.2. The highest BCUT2D eigenvalue weighted by molar-refractivity contribution is 7.57. The average Bonchev–Trinajstić information content (AvgIpc) is 2.17. The highest BCUT2D eigenvalue weighted by Crippen LogP contribution is 2.38. The second kappa shape index (κ2) is 10.5. The molecule has 0 aliphatic carbocycles. The van der Waals surface area contributed by atoms with Crippen molar-refractivity contribution in [1.29, 1.82) is 0 Å². The van der Waals surface area contributed by atoms with Crippen LogP contribution < -0.4 is 0 Å². The molecule has 0 fully saturated rings. The maximum atomic E-state index is 2.31. The van der Waals surface area contributed by atoms with E-state index in [2.05, 4.69) is 20.8 Å². The predicted molar refractivity (Wildman–Crippen MR) is 66.2 cm³/mol.